The van der Waals surface area contributed by atoms with Gasteiger partial charge < -0.3 is 14.7 Å². The van der Waals surface area contributed by atoms with E-state index in [1.54, 1.807) is 0 Å². The van der Waals surface area contributed by atoms with Gasteiger partial charge in [-0.25, -0.2) is 4.79 Å². The average molecular weight is 330 g/mol. The fraction of sp³-hybridized carbons (Fsp3) is 0.385. The minimum absolute atomic E-state index is 0.00549. The molecule has 1 N–H and O–H groups in total. The number of aryl methyl sites for hydroxylation is 1. The van der Waals surface area contributed by atoms with Crippen molar-refractivity contribution in [3.63, 3.8) is 0 Å². The lowest BCUT2D eigenvalue weighted by Gasteiger charge is -2.08. The quantitative estimate of drug-likeness (QED) is 0.286. The molecule has 104 valence electrons. The van der Waals surface area contributed by atoms with Gasteiger partial charge >= 0.3 is 5.97 Å². The second-order valence-electron chi connectivity index (χ2n) is 3.92. The maximum absolute atomic E-state index is 11.1. The van der Waals surface area contributed by atoms with Gasteiger partial charge in [0.2, 0.25) is 0 Å². The van der Waals surface area contributed by atoms with E-state index >= 15 is 0 Å². The number of carbonyl (C=O) groups excluding carboxylic acids is 1. The number of benzene rings is 1. The fourth-order valence-corrected chi connectivity index (χ4v) is 2.06. The summed E-state index contributed by atoms with van der Waals surface area (Å²) >= 11 is 3.41. The van der Waals surface area contributed by atoms with Crippen LogP contribution in [0.15, 0.2) is 27.8 Å². The van der Waals surface area contributed by atoms with Crippen molar-refractivity contribution in [2.45, 2.75) is 19.8 Å². The van der Waals surface area contributed by atoms with Crippen molar-refractivity contribution >= 4 is 27.6 Å². The van der Waals surface area contributed by atoms with E-state index < -0.39 is 5.97 Å². The number of carbonyl (C=O) groups is 1. The topological polar surface area (TPSA) is 68.1 Å². The van der Waals surface area contributed by atoms with Crippen molar-refractivity contribution in [2.75, 3.05) is 13.7 Å². The second kappa shape index (κ2) is 7.78. The first-order valence-electron chi connectivity index (χ1n) is 5.76. The van der Waals surface area contributed by atoms with E-state index in [-0.39, 0.29) is 5.71 Å². The Hall–Kier alpha value is -1.56. The third-order valence-corrected chi connectivity index (χ3v) is 3.06. The molecule has 0 aliphatic heterocycles. The molecule has 0 aliphatic carbocycles. The first kappa shape index (κ1) is 15.5. The maximum Gasteiger partial charge on any atom is 0.355 e. The van der Waals surface area contributed by atoms with Crippen molar-refractivity contribution in [1.29, 1.82) is 0 Å². The lowest BCUT2D eigenvalue weighted by Crippen LogP contribution is -2.16. The standard InChI is InChI=1S/C13H16BrNO4/c1-9-5-6-12(10(14)8-9)19-7-3-4-11(15-17)13(16)18-2/h5-6,8,17H,3-4,7H2,1-2H3. The van der Waals surface area contributed by atoms with E-state index in [0.717, 1.165) is 15.8 Å². The number of nitrogens with zero attached hydrogens (tertiary/aromatic N) is 1. The molecule has 0 amide bonds. The Bertz CT molecular complexity index is 474. The van der Waals surface area contributed by atoms with E-state index in [2.05, 4.69) is 25.8 Å². The monoisotopic (exact) mass is 329 g/mol. The first-order chi connectivity index (χ1) is 9.08. The lowest BCUT2D eigenvalue weighted by molar-refractivity contribution is -0.133. The van der Waals surface area contributed by atoms with Crippen LogP contribution < -0.4 is 4.74 Å². The van der Waals surface area contributed by atoms with Gasteiger partial charge in [-0.1, -0.05) is 11.2 Å². The molecule has 19 heavy (non-hydrogen) atoms. The molecular formula is C13H16BrNO4. The Morgan fingerprint density at radius 2 is 2.21 bits per heavy atom. The van der Waals surface area contributed by atoms with Crippen molar-refractivity contribution in [2.24, 2.45) is 5.16 Å². The predicted molar refractivity (Wildman–Crippen MR) is 74.8 cm³/mol. The van der Waals surface area contributed by atoms with Gasteiger partial charge in [0, 0.05) is 6.42 Å². The van der Waals surface area contributed by atoms with Gasteiger partial charge in [0.05, 0.1) is 18.2 Å². The summed E-state index contributed by atoms with van der Waals surface area (Å²) in [5.41, 5.74) is 1.13. The highest BCUT2D eigenvalue weighted by atomic mass is 79.9. The van der Waals surface area contributed by atoms with Gasteiger partial charge in [0.15, 0.2) is 5.71 Å². The molecule has 1 aromatic carbocycles. The largest absolute Gasteiger partial charge is 0.492 e. The van der Waals surface area contributed by atoms with Crippen molar-refractivity contribution in [3.8, 4) is 5.75 Å². The van der Waals surface area contributed by atoms with Crippen LogP contribution in [0.1, 0.15) is 18.4 Å². The number of halogens is 1. The number of rotatable bonds is 6. The van der Waals surface area contributed by atoms with Crippen molar-refractivity contribution in [1.82, 2.24) is 0 Å². The van der Waals surface area contributed by atoms with Crippen LogP contribution in [0.3, 0.4) is 0 Å². The Morgan fingerprint density at radius 1 is 1.47 bits per heavy atom. The van der Waals surface area contributed by atoms with E-state index in [0.29, 0.717) is 19.4 Å². The summed E-state index contributed by atoms with van der Waals surface area (Å²) in [6, 6.07) is 5.79. The van der Waals surface area contributed by atoms with Gasteiger partial charge in [-0.2, -0.15) is 0 Å². The third-order valence-electron chi connectivity index (χ3n) is 2.44. The Balaban J connectivity index is 2.40. The molecule has 0 bridgehead atoms. The zero-order valence-corrected chi connectivity index (χ0v) is 12.4. The molecule has 0 spiro atoms. The number of hydrogen-bond acceptors (Lipinski definition) is 5. The molecule has 0 heterocycles. The molecule has 0 aliphatic rings. The van der Waals surface area contributed by atoms with Crippen LogP contribution in [0.2, 0.25) is 0 Å². The SMILES string of the molecule is COC(=O)C(CCCOc1ccc(C)cc1Br)=NO. The number of esters is 1. The normalized spacial score (nSPS) is 11.2. The summed E-state index contributed by atoms with van der Waals surface area (Å²) in [7, 11) is 1.24. The average Bonchev–Trinajstić information content (AvgIpc) is 2.40. The molecule has 0 aromatic heterocycles. The third kappa shape index (κ3) is 4.90. The summed E-state index contributed by atoms with van der Waals surface area (Å²) in [5.74, 6) is 0.116. The lowest BCUT2D eigenvalue weighted by atomic mass is 10.2. The highest BCUT2D eigenvalue weighted by Crippen LogP contribution is 2.25. The molecule has 1 aromatic rings. The Labute approximate surface area is 120 Å². The summed E-state index contributed by atoms with van der Waals surface area (Å²) in [6.07, 6.45) is 0.849. The molecule has 1 rings (SSSR count). The van der Waals surface area contributed by atoms with Crippen molar-refractivity contribution < 1.29 is 19.5 Å². The number of methoxy groups -OCH3 is 1. The van der Waals surface area contributed by atoms with Crippen LogP contribution in [-0.2, 0) is 9.53 Å². The molecule has 6 heteroatoms. The van der Waals surface area contributed by atoms with Crippen molar-refractivity contribution in [3.05, 3.63) is 28.2 Å². The summed E-state index contributed by atoms with van der Waals surface area (Å²) in [4.78, 5) is 11.1. The van der Waals surface area contributed by atoms with Gasteiger partial charge in [0.1, 0.15) is 5.75 Å². The van der Waals surface area contributed by atoms with Crippen LogP contribution in [0.4, 0.5) is 0 Å². The van der Waals surface area contributed by atoms with E-state index in [4.69, 9.17) is 9.94 Å². The van der Waals surface area contributed by atoms with E-state index in [9.17, 15) is 4.79 Å². The maximum atomic E-state index is 11.1. The zero-order chi connectivity index (χ0) is 14.3. The fourth-order valence-electron chi connectivity index (χ4n) is 1.46. The minimum Gasteiger partial charge on any atom is -0.492 e. The molecule has 0 unspecified atom stereocenters. The molecule has 0 radical (unpaired) electrons. The smallest absolute Gasteiger partial charge is 0.355 e. The van der Waals surface area contributed by atoms with Gasteiger partial charge in [-0.15, -0.1) is 0 Å². The molecule has 0 saturated heterocycles. The first-order valence-corrected chi connectivity index (χ1v) is 6.56. The minimum atomic E-state index is -0.626. The predicted octanol–water partition coefficient (Wildman–Crippen LogP) is 2.92. The highest BCUT2D eigenvalue weighted by Gasteiger charge is 2.12. The molecule has 0 fully saturated rings. The summed E-state index contributed by atoms with van der Waals surface area (Å²) in [6.45, 7) is 2.41. The van der Waals surface area contributed by atoms with E-state index in [1.807, 2.05) is 25.1 Å². The zero-order valence-electron chi connectivity index (χ0n) is 10.9. The van der Waals surface area contributed by atoms with Gasteiger partial charge in [0.25, 0.3) is 0 Å². The second-order valence-corrected chi connectivity index (χ2v) is 4.78. The van der Waals surface area contributed by atoms with Crippen LogP contribution in [0.25, 0.3) is 0 Å². The summed E-state index contributed by atoms with van der Waals surface area (Å²) in [5, 5.41) is 11.6. The van der Waals surface area contributed by atoms with Crippen LogP contribution in [-0.4, -0.2) is 30.6 Å². The molecule has 0 atom stereocenters. The Kier molecular flexibility index (Phi) is 6.35. The van der Waals surface area contributed by atoms with Crippen LogP contribution in [0, 0.1) is 6.92 Å². The number of ether oxygens (including phenoxy) is 2. The van der Waals surface area contributed by atoms with Crippen LogP contribution in [0.5, 0.6) is 5.75 Å². The molecule has 0 saturated carbocycles. The van der Waals surface area contributed by atoms with Crippen LogP contribution >= 0.6 is 15.9 Å². The highest BCUT2D eigenvalue weighted by molar-refractivity contribution is 9.10. The summed E-state index contributed by atoms with van der Waals surface area (Å²) < 4.78 is 10.9. The number of oxime groups is 1. The number of hydrogen-bond donors (Lipinski definition) is 1. The molecular weight excluding hydrogens is 314 g/mol. The van der Waals surface area contributed by atoms with Gasteiger partial charge in [-0.3, -0.25) is 0 Å². The van der Waals surface area contributed by atoms with E-state index in [1.165, 1.54) is 7.11 Å². The molecule has 5 nitrogen and oxygen atoms in total. The van der Waals surface area contributed by atoms with Gasteiger partial charge in [-0.05, 0) is 47.0 Å². The Morgan fingerprint density at radius 3 is 2.79 bits per heavy atom.